The van der Waals surface area contributed by atoms with Crippen LogP contribution in [0.5, 0.6) is 11.5 Å². The van der Waals surface area contributed by atoms with E-state index in [9.17, 15) is 9.90 Å². The highest BCUT2D eigenvalue weighted by Gasteiger charge is 2.27. The summed E-state index contributed by atoms with van der Waals surface area (Å²) in [5, 5.41) is 9.49. The van der Waals surface area contributed by atoms with Gasteiger partial charge in [-0.05, 0) is 34.9 Å². The predicted molar refractivity (Wildman–Crippen MR) is 92.9 cm³/mol. The minimum Gasteiger partial charge on any atom is -0.508 e. The number of allylic oxidation sites excluding steroid dienone is 1. The molecule has 0 atom stereocenters. The first-order chi connectivity index (χ1) is 11.7. The van der Waals surface area contributed by atoms with E-state index in [2.05, 4.69) is 12.1 Å². The summed E-state index contributed by atoms with van der Waals surface area (Å²) in [6.45, 7) is 0. The average Bonchev–Trinajstić information content (AvgIpc) is 2.91. The molecule has 1 aliphatic heterocycles. The van der Waals surface area contributed by atoms with Crippen LogP contribution in [-0.4, -0.2) is 10.9 Å². The van der Waals surface area contributed by atoms with Gasteiger partial charge in [-0.3, -0.25) is 4.79 Å². The van der Waals surface area contributed by atoms with E-state index >= 15 is 0 Å². The van der Waals surface area contributed by atoms with E-state index in [1.165, 1.54) is 12.1 Å². The molecule has 4 rings (SSSR count). The van der Waals surface area contributed by atoms with Crippen LogP contribution in [0.25, 0.3) is 17.2 Å². The number of carbonyl (C=O) groups is 1. The van der Waals surface area contributed by atoms with Gasteiger partial charge in [0.25, 0.3) is 0 Å². The Labute approximate surface area is 139 Å². The standard InChI is InChI=1S/C21H14O3/c22-17-10-11-18-19(13-17)24-20(21(18)23)12-14-6-8-16(9-7-14)15-4-2-1-3-5-15/h1-13,22H/b20-12-. The Hall–Kier alpha value is -3.33. The van der Waals surface area contributed by atoms with Gasteiger partial charge in [0.2, 0.25) is 5.78 Å². The molecule has 0 bridgehead atoms. The van der Waals surface area contributed by atoms with Crippen molar-refractivity contribution in [1.82, 2.24) is 0 Å². The van der Waals surface area contributed by atoms with Crippen molar-refractivity contribution in [2.45, 2.75) is 0 Å². The lowest BCUT2D eigenvalue weighted by Gasteiger charge is -2.03. The van der Waals surface area contributed by atoms with E-state index in [1.54, 1.807) is 12.1 Å². The third-order valence-electron chi connectivity index (χ3n) is 3.97. The van der Waals surface area contributed by atoms with Crippen molar-refractivity contribution in [1.29, 1.82) is 0 Å². The molecule has 3 aromatic carbocycles. The molecule has 116 valence electrons. The molecule has 0 aliphatic carbocycles. The molecule has 0 aromatic heterocycles. The van der Waals surface area contributed by atoms with Gasteiger partial charge < -0.3 is 9.84 Å². The number of hydrogen-bond acceptors (Lipinski definition) is 3. The van der Waals surface area contributed by atoms with Gasteiger partial charge in [-0.1, -0.05) is 54.6 Å². The van der Waals surface area contributed by atoms with Crippen LogP contribution in [0.15, 0.2) is 78.6 Å². The third-order valence-corrected chi connectivity index (χ3v) is 3.97. The molecule has 0 spiro atoms. The first-order valence-electron chi connectivity index (χ1n) is 7.63. The number of benzene rings is 3. The van der Waals surface area contributed by atoms with Gasteiger partial charge in [-0.2, -0.15) is 0 Å². The van der Waals surface area contributed by atoms with Crippen LogP contribution in [0.3, 0.4) is 0 Å². The second-order valence-electron chi connectivity index (χ2n) is 5.61. The first-order valence-corrected chi connectivity index (χ1v) is 7.63. The molecule has 1 heterocycles. The molecule has 1 aliphatic rings. The molecular formula is C21H14O3. The maximum absolute atomic E-state index is 12.3. The van der Waals surface area contributed by atoms with Gasteiger partial charge >= 0.3 is 0 Å². The number of rotatable bonds is 2. The largest absolute Gasteiger partial charge is 0.508 e. The van der Waals surface area contributed by atoms with Crippen LogP contribution in [0, 0.1) is 0 Å². The van der Waals surface area contributed by atoms with Crippen LogP contribution in [0.4, 0.5) is 0 Å². The van der Waals surface area contributed by atoms with Crippen molar-refractivity contribution in [3.63, 3.8) is 0 Å². The Morgan fingerprint density at radius 1 is 0.833 bits per heavy atom. The Bertz CT molecular complexity index is 939. The lowest BCUT2D eigenvalue weighted by Crippen LogP contribution is -1.97. The van der Waals surface area contributed by atoms with Crippen molar-refractivity contribution in [3.8, 4) is 22.6 Å². The van der Waals surface area contributed by atoms with Crippen molar-refractivity contribution in [2.24, 2.45) is 0 Å². The summed E-state index contributed by atoms with van der Waals surface area (Å²) in [4.78, 5) is 12.3. The molecule has 0 saturated carbocycles. The lowest BCUT2D eigenvalue weighted by molar-refractivity contribution is 0.101. The van der Waals surface area contributed by atoms with E-state index in [0.29, 0.717) is 11.3 Å². The van der Waals surface area contributed by atoms with Gasteiger partial charge in [-0.15, -0.1) is 0 Å². The molecule has 0 fully saturated rings. The highest BCUT2D eigenvalue weighted by Crippen LogP contribution is 2.34. The summed E-state index contributed by atoms with van der Waals surface area (Å²) in [6.07, 6.45) is 1.72. The van der Waals surface area contributed by atoms with E-state index in [-0.39, 0.29) is 17.3 Å². The number of fused-ring (bicyclic) bond motifs is 1. The molecule has 0 unspecified atom stereocenters. The molecule has 24 heavy (non-hydrogen) atoms. The van der Waals surface area contributed by atoms with Crippen molar-refractivity contribution >= 4 is 11.9 Å². The zero-order valence-corrected chi connectivity index (χ0v) is 12.8. The minimum atomic E-state index is -0.169. The predicted octanol–water partition coefficient (Wildman–Crippen LogP) is 4.68. The number of ketones is 1. The van der Waals surface area contributed by atoms with Gasteiger partial charge in [0.15, 0.2) is 5.76 Å². The molecule has 3 nitrogen and oxygen atoms in total. The number of Topliss-reactive ketones (excluding diaryl/α,β-unsaturated/α-hetero) is 1. The number of phenols is 1. The number of carbonyl (C=O) groups excluding carboxylic acids is 1. The summed E-state index contributed by atoms with van der Waals surface area (Å²) in [7, 11) is 0. The van der Waals surface area contributed by atoms with Gasteiger partial charge in [0, 0.05) is 6.07 Å². The molecular weight excluding hydrogens is 300 g/mol. The Balaban J connectivity index is 1.62. The number of phenolic OH excluding ortho intramolecular Hbond substituents is 1. The van der Waals surface area contributed by atoms with Gasteiger partial charge in [-0.25, -0.2) is 0 Å². The van der Waals surface area contributed by atoms with Crippen LogP contribution < -0.4 is 4.74 Å². The maximum Gasteiger partial charge on any atom is 0.231 e. The highest BCUT2D eigenvalue weighted by molar-refractivity contribution is 6.14. The molecule has 3 heteroatoms. The van der Waals surface area contributed by atoms with Crippen molar-refractivity contribution in [3.05, 3.63) is 89.7 Å². The quantitative estimate of drug-likeness (QED) is 0.699. The summed E-state index contributed by atoms with van der Waals surface area (Å²) < 4.78 is 5.57. The average molecular weight is 314 g/mol. The van der Waals surface area contributed by atoms with Crippen molar-refractivity contribution < 1.29 is 14.6 Å². The third kappa shape index (κ3) is 2.57. The van der Waals surface area contributed by atoms with E-state index in [0.717, 1.165) is 16.7 Å². The fraction of sp³-hybridized carbons (Fsp3) is 0. The maximum atomic E-state index is 12.3. The van der Waals surface area contributed by atoms with Crippen LogP contribution in [0.1, 0.15) is 15.9 Å². The summed E-state index contributed by atoms with van der Waals surface area (Å²) in [6, 6.07) is 22.5. The molecule has 1 N–H and O–H groups in total. The topological polar surface area (TPSA) is 46.5 Å². The van der Waals surface area contributed by atoms with Crippen LogP contribution >= 0.6 is 0 Å². The minimum absolute atomic E-state index is 0.0787. The second-order valence-corrected chi connectivity index (χ2v) is 5.61. The molecule has 3 aromatic rings. The lowest BCUT2D eigenvalue weighted by atomic mass is 10.0. The monoisotopic (exact) mass is 314 g/mol. The molecule has 0 radical (unpaired) electrons. The summed E-state index contributed by atoms with van der Waals surface area (Å²) in [5.41, 5.74) is 3.62. The Morgan fingerprint density at radius 3 is 2.29 bits per heavy atom. The van der Waals surface area contributed by atoms with E-state index < -0.39 is 0 Å². The Kier molecular flexibility index (Phi) is 3.39. The normalized spacial score (nSPS) is 14.5. The highest BCUT2D eigenvalue weighted by atomic mass is 16.5. The van der Waals surface area contributed by atoms with E-state index in [1.807, 2.05) is 42.5 Å². The number of hydrogen-bond donors (Lipinski definition) is 1. The summed E-state index contributed by atoms with van der Waals surface area (Å²) in [5.74, 6) is 0.572. The SMILES string of the molecule is O=C1/C(=C/c2ccc(-c3ccccc3)cc2)Oc2cc(O)ccc21. The fourth-order valence-electron chi connectivity index (χ4n) is 2.73. The Morgan fingerprint density at radius 2 is 1.54 bits per heavy atom. The van der Waals surface area contributed by atoms with Gasteiger partial charge in [0.1, 0.15) is 11.5 Å². The van der Waals surface area contributed by atoms with E-state index in [4.69, 9.17) is 4.74 Å². The van der Waals surface area contributed by atoms with Gasteiger partial charge in [0.05, 0.1) is 5.56 Å². The fourth-order valence-corrected chi connectivity index (χ4v) is 2.73. The zero-order valence-electron chi connectivity index (χ0n) is 12.8. The molecule has 0 amide bonds. The van der Waals surface area contributed by atoms with Crippen LogP contribution in [-0.2, 0) is 0 Å². The summed E-state index contributed by atoms with van der Waals surface area (Å²) >= 11 is 0. The number of aromatic hydroxyl groups is 1. The van der Waals surface area contributed by atoms with Crippen molar-refractivity contribution in [2.75, 3.05) is 0 Å². The second kappa shape index (κ2) is 5.70. The number of ether oxygens (including phenoxy) is 1. The smallest absolute Gasteiger partial charge is 0.231 e. The first kappa shape index (κ1) is 14.3. The molecule has 0 saturated heterocycles. The zero-order chi connectivity index (χ0) is 16.5. The van der Waals surface area contributed by atoms with Crippen LogP contribution in [0.2, 0.25) is 0 Å².